The molecule has 3 rings (SSSR count). The first-order chi connectivity index (χ1) is 8.74. The standard InChI is InChI=1S/C16H27NO/c1-17-14-7-8-15(17)10-12(9-14)11-16(18)13-5-3-2-4-6-13/h12-15H,2-11H2,1H3/t12?,14-,15+. The summed E-state index contributed by atoms with van der Waals surface area (Å²) < 4.78 is 0. The number of piperidine rings is 1. The van der Waals surface area contributed by atoms with E-state index < -0.39 is 0 Å². The van der Waals surface area contributed by atoms with Crippen LogP contribution < -0.4 is 0 Å². The van der Waals surface area contributed by atoms with Crippen molar-refractivity contribution >= 4 is 5.78 Å². The normalized spacial score (nSPS) is 37.9. The molecule has 1 saturated carbocycles. The van der Waals surface area contributed by atoms with Crippen molar-refractivity contribution in [2.45, 2.75) is 76.3 Å². The molecule has 2 heteroatoms. The number of hydrogen-bond donors (Lipinski definition) is 0. The molecular weight excluding hydrogens is 222 g/mol. The number of hydrogen-bond acceptors (Lipinski definition) is 2. The number of carbonyl (C=O) groups is 1. The lowest BCUT2D eigenvalue weighted by Gasteiger charge is -2.36. The zero-order valence-electron chi connectivity index (χ0n) is 11.7. The molecule has 1 aliphatic carbocycles. The molecule has 3 aliphatic rings. The molecule has 2 bridgehead atoms. The fraction of sp³-hybridized carbons (Fsp3) is 0.938. The van der Waals surface area contributed by atoms with E-state index in [4.69, 9.17) is 0 Å². The summed E-state index contributed by atoms with van der Waals surface area (Å²) in [6, 6.07) is 1.57. The van der Waals surface area contributed by atoms with Gasteiger partial charge >= 0.3 is 0 Å². The summed E-state index contributed by atoms with van der Waals surface area (Å²) in [7, 11) is 2.28. The Bertz CT molecular complexity index is 294. The average molecular weight is 249 g/mol. The Balaban J connectivity index is 1.52. The molecule has 2 nitrogen and oxygen atoms in total. The van der Waals surface area contributed by atoms with Crippen LogP contribution in [0.25, 0.3) is 0 Å². The third-order valence-electron chi connectivity index (χ3n) is 5.75. The molecule has 0 amide bonds. The van der Waals surface area contributed by atoms with Gasteiger partial charge in [-0.25, -0.2) is 0 Å². The second-order valence-corrected chi connectivity index (χ2v) is 6.89. The van der Waals surface area contributed by atoms with Gasteiger partial charge in [0.2, 0.25) is 0 Å². The van der Waals surface area contributed by atoms with E-state index in [1.54, 1.807) is 0 Å². The highest BCUT2D eigenvalue weighted by Gasteiger charge is 2.39. The van der Waals surface area contributed by atoms with Gasteiger partial charge in [0.05, 0.1) is 0 Å². The van der Waals surface area contributed by atoms with Gasteiger partial charge in [-0.3, -0.25) is 4.79 Å². The SMILES string of the molecule is CN1[C@@H]2CC[C@H]1CC(CC(=O)C1CCCCC1)C2. The van der Waals surface area contributed by atoms with Crippen LogP contribution in [0.15, 0.2) is 0 Å². The van der Waals surface area contributed by atoms with E-state index in [1.165, 1.54) is 57.8 Å². The van der Waals surface area contributed by atoms with Crippen molar-refractivity contribution in [3.63, 3.8) is 0 Å². The number of fused-ring (bicyclic) bond motifs is 2. The average Bonchev–Trinajstić information content (AvgIpc) is 2.63. The van der Waals surface area contributed by atoms with Crippen LogP contribution in [0.2, 0.25) is 0 Å². The number of ketones is 1. The molecule has 3 atom stereocenters. The van der Waals surface area contributed by atoms with Gasteiger partial charge in [0.25, 0.3) is 0 Å². The summed E-state index contributed by atoms with van der Waals surface area (Å²) in [6.45, 7) is 0. The summed E-state index contributed by atoms with van der Waals surface area (Å²) >= 11 is 0. The first-order valence-corrected chi connectivity index (χ1v) is 7.98. The summed E-state index contributed by atoms with van der Waals surface area (Å²) in [4.78, 5) is 14.9. The van der Waals surface area contributed by atoms with Crippen LogP contribution >= 0.6 is 0 Å². The quantitative estimate of drug-likeness (QED) is 0.764. The van der Waals surface area contributed by atoms with Crippen molar-refractivity contribution in [2.24, 2.45) is 11.8 Å². The van der Waals surface area contributed by atoms with Crippen molar-refractivity contribution in [2.75, 3.05) is 7.05 Å². The molecule has 0 aromatic rings. The molecule has 2 aliphatic heterocycles. The van der Waals surface area contributed by atoms with Crippen LogP contribution in [0, 0.1) is 11.8 Å². The van der Waals surface area contributed by atoms with Crippen molar-refractivity contribution in [1.29, 1.82) is 0 Å². The predicted octanol–water partition coefficient (Wildman–Crippen LogP) is 3.40. The highest BCUT2D eigenvalue weighted by Crippen LogP contribution is 2.39. The van der Waals surface area contributed by atoms with Crippen molar-refractivity contribution in [3.05, 3.63) is 0 Å². The minimum atomic E-state index is 0.427. The van der Waals surface area contributed by atoms with Gasteiger partial charge in [-0.15, -0.1) is 0 Å². The second kappa shape index (κ2) is 5.32. The van der Waals surface area contributed by atoms with Gasteiger partial charge in [0.15, 0.2) is 0 Å². The Hall–Kier alpha value is -0.370. The van der Waals surface area contributed by atoms with Crippen LogP contribution in [0.1, 0.15) is 64.2 Å². The smallest absolute Gasteiger partial charge is 0.136 e. The summed E-state index contributed by atoms with van der Waals surface area (Å²) in [5.41, 5.74) is 0. The lowest BCUT2D eigenvalue weighted by Crippen LogP contribution is -2.40. The van der Waals surface area contributed by atoms with E-state index in [-0.39, 0.29) is 0 Å². The third-order valence-corrected chi connectivity index (χ3v) is 5.75. The number of rotatable bonds is 3. The molecule has 0 N–H and O–H groups in total. The second-order valence-electron chi connectivity index (χ2n) is 6.89. The lowest BCUT2D eigenvalue weighted by atomic mass is 9.80. The van der Waals surface area contributed by atoms with Gasteiger partial charge in [-0.2, -0.15) is 0 Å². The zero-order valence-corrected chi connectivity index (χ0v) is 11.7. The molecular formula is C16H27NO. The van der Waals surface area contributed by atoms with E-state index in [0.29, 0.717) is 17.6 Å². The zero-order chi connectivity index (χ0) is 12.5. The molecule has 102 valence electrons. The van der Waals surface area contributed by atoms with Crippen molar-refractivity contribution in [3.8, 4) is 0 Å². The Morgan fingerprint density at radius 3 is 2.22 bits per heavy atom. The fourth-order valence-corrected chi connectivity index (χ4v) is 4.57. The molecule has 0 aromatic heterocycles. The van der Waals surface area contributed by atoms with Crippen LogP contribution in [0.5, 0.6) is 0 Å². The molecule has 2 saturated heterocycles. The number of nitrogens with zero attached hydrogens (tertiary/aromatic N) is 1. The Morgan fingerprint density at radius 1 is 1.00 bits per heavy atom. The summed E-state index contributed by atoms with van der Waals surface area (Å²) in [5, 5.41) is 0. The number of Topliss-reactive ketones (excluding diaryl/α,β-unsaturated/α-hetero) is 1. The van der Waals surface area contributed by atoms with E-state index in [1.807, 2.05) is 0 Å². The van der Waals surface area contributed by atoms with E-state index in [2.05, 4.69) is 11.9 Å². The van der Waals surface area contributed by atoms with Crippen molar-refractivity contribution < 1.29 is 4.79 Å². The van der Waals surface area contributed by atoms with Crippen LogP contribution in [0.3, 0.4) is 0 Å². The van der Waals surface area contributed by atoms with Gasteiger partial charge < -0.3 is 4.90 Å². The minimum absolute atomic E-state index is 0.427. The Morgan fingerprint density at radius 2 is 1.61 bits per heavy atom. The van der Waals surface area contributed by atoms with E-state index in [0.717, 1.165) is 18.5 Å². The third kappa shape index (κ3) is 2.49. The van der Waals surface area contributed by atoms with E-state index >= 15 is 0 Å². The molecule has 0 spiro atoms. The van der Waals surface area contributed by atoms with Crippen LogP contribution in [0.4, 0.5) is 0 Å². The van der Waals surface area contributed by atoms with E-state index in [9.17, 15) is 4.79 Å². The lowest BCUT2D eigenvalue weighted by molar-refractivity contribution is -0.125. The van der Waals surface area contributed by atoms with Gasteiger partial charge in [0.1, 0.15) is 5.78 Å². The highest BCUT2D eigenvalue weighted by molar-refractivity contribution is 5.81. The van der Waals surface area contributed by atoms with Gasteiger partial charge in [0, 0.05) is 24.4 Å². The van der Waals surface area contributed by atoms with Gasteiger partial charge in [-0.1, -0.05) is 19.3 Å². The first-order valence-electron chi connectivity index (χ1n) is 7.98. The maximum atomic E-state index is 12.4. The molecule has 0 radical (unpaired) electrons. The monoisotopic (exact) mass is 249 g/mol. The first kappa shape index (κ1) is 12.7. The molecule has 1 unspecified atom stereocenters. The molecule has 18 heavy (non-hydrogen) atoms. The summed E-state index contributed by atoms with van der Waals surface area (Å²) in [6.07, 6.45) is 12.5. The fourth-order valence-electron chi connectivity index (χ4n) is 4.57. The maximum Gasteiger partial charge on any atom is 0.136 e. The summed E-state index contributed by atoms with van der Waals surface area (Å²) in [5.74, 6) is 1.73. The number of carbonyl (C=O) groups excluding carboxylic acids is 1. The minimum Gasteiger partial charge on any atom is -0.300 e. The molecule has 3 fully saturated rings. The van der Waals surface area contributed by atoms with Crippen molar-refractivity contribution in [1.82, 2.24) is 4.90 Å². The van der Waals surface area contributed by atoms with Crippen LogP contribution in [-0.4, -0.2) is 29.8 Å². The Labute approximate surface area is 111 Å². The largest absolute Gasteiger partial charge is 0.300 e. The highest BCUT2D eigenvalue weighted by atomic mass is 16.1. The maximum absolute atomic E-state index is 12.4. The van der Waals surface area contributed by atoms with Gasteiger partial charge in [-0.05, 0) is 51.5 Å². The topological polar surface area (TPSA) is 20.3 Å². The molecule has 0 aromatic carbocycles. The molecule has 2 heterocycles. The van der Waals surface area contributed by atoms with Crippen LogP contribution in [-0.2, 0) is 4.79 Å². The Kier molecular flexibility index (Phi) is 3.74. The predicted molar refractivity (Wildman–Crippen MR) is 73.5 cm³/mol.